The zero-order valence-corrected chi connectivity index (χ0v) is 12.5. The monoisotopic (exact) mass is 309 g/mol. The van der Waals surface area contributed by atoms with Gasteiger partial charge in [0, 0.05) is 27.7 Å². The SMILES string of the molecule is Cc1ccc(-n2nnnc2-c2c[nH]c3cc(Cl)ccc23)cc1. The van der Waals surface area contributed by atoms with Gasteiger partial charge in [-0.2, -0.15) is 4.68 Å². The van der Waals surface area contributed by atoms with Gasteiger partial charge in [0.2, 0.25) is 0 Å². The normalized spacial score (nSPS) is 11.2. The summed E-state index contributed by atoms with van der Waals surface area (Å²) in [5.41, 5.74) is 4.02. The minimum Gasteiger partial charge on any atom is -0.360 e. The third kappa shape index (κ3) is 2.07. The number of halogens is 1. The van der Waals surface area contributed by atoms with Gasteiger partial charge in [0.05, 0.1) is 5.69 Å². The highest BCUT2D eigenvalue weighted by molar-refractivity contribution is 6.31. The highest BCUT2D eigenvalue weighted by Crippen LogP contribution is 2.29. The topological polar surface area (TPSA) is 59.4 Å². The molecular formula is C16H12ClN5. The van der Waals surface area contributed by atoms with Crippen molar-refractivity contribution in [3.63, 3.8) is 0 Å². The van der Waals surface area contributed by atoms with E-state index in [1.165, 1.54) is 5.56 Å². The van der Waals surface area contributed by atoms with Gasteiger partial charge >= 0.3 is 0 Å². The minimum absolute atomic E-state index is 0.692. The molecule has 2 aromatic carbocycles. The summed E-state index contributed by atoms with van der Waals surface area (Å²) in [6.45, 7) is 2.05. The number of tetrazole rings is 1. The molecule has 4 aromatic rings. The number of aromatic nitrogens is 5. The molecule has 0 radical (unpaired) electrons. The van der Waals surface area contributed by atoms with Crippen molar-refractivity contribution in [2.45, 2.75) is 6.92 Å². The van der Waals surface area contributed by atoms with Crippen LogP contribution in [0.4, 0.5) is 0 Å². The molecule has 0 amide bonds. The molecule has 2 heterocycles. The summed E-state index contributed by atoms with van der Waals surface area (Å²) in [5.74, 6) is 0.692. The lowest BCUT2D eigenvalue weighted by atomic mass is 10.1. The summed E-state index contributed by atoms with van der Waals surface area (Å²) >= 11 is 6.03. The molecule has 108 valence electrons. The number of nitrogens with zero attached hydrogens (tertiary/aromatic N) is 4. The maximum atomic E-state index is 6.03. The standard InChI is InChI=1S/C16H12ClN5/c1-10-2-5-12(6-3-10)22-16(19-20-21-22)14-9-18-15-8-11(17)4-7-13(14)15/h2-9,18H,1H3. The zero-order chi connectivity index (χ0) is 15.1. The summed E-state index contributed by atoms with van der Waals surface area (Å²) < 4.78 is 1.73. The Balaban J connectivity index is 1.89. The van der Waals surface area contributed by atoms with Gasteiger partial charge in [0.15, 0.2) is 5.82 Å². The first-order chi connectivity index (χ1) is 10.7. The van der Waals surface area contributed by atoms with E-state index in [2.05, 4.69) is 20.5 Å². The fraction of sp³-hybridized carbons (Fsp3) is 0.0625. The lowest BCUT2D eigenvalue weighted by Gasteiger charge is -2.04. The van der Waals surface area contributed by atoms with Crippen LogP contribution in [-0.2, 0) is 0 Å². The molecule has 1 N–H and O–H groups in total. The lowest BCUT2D eigenvalue weighted by molar-refractivity contribution is 0.791. The van der Waals surface area contributed by atoms with Crippen LogP contribution < -0.4 is 0 Å². The van der Waals surface area contributed by atoms with Crippen molar-refractivity contribution in [3.8, 4) is 17.1 Å². The third-order valence-electron chi connectivity index (χ3n) is 3.63. The molecule has 4 rings (SSSR count). The molecule has 0 spiro atoms. The predicted octanol–water partition coefficient (Wildman–Crippen LogP) is 3.77. The minimum atomic E-state index is 0.692. The second-order valence-corrected chi connectivity index (χ2v) is 5.58. The lowest BCUT2D eigenvalue weighted by Crippen LogP contribution is -1.99. The van der Waals surface area contributed by atoms with Gasteiger partial charge in [-0.15, -0.1) is 5.10 Å². The van der Waals surface area contributed by atoms with Crippen molar-refractivity contribution in [2.75, 3.05) is 0 Å². The van der Waals surface area contributed by atoms with Gasteiger partial charge in [-0.1, -0.05) is 35.4 Å². The van der Waals surface area contributed by atoms with Gasteiger partial charge in [0.25, 0.3) is 0 Å². The van der Waals surface area contributed by atoms with Crippen molar-refractivity contribution in [1.29, 1.82) is 0 Å². The average molecular weight is 310 g/mol. The number of rotatable bonds is 2. The predicted molar refractivity (Wildman–Crippen MR) is 86.2 cm³/mol. The van der Waals surface area contributed by atoms with E-state index < -0.39 is 0 Å². The smallest absolute Gasteiger partial charge is 0.189 e. The Morgan fingerprint density at radius 2 is 1.91 bits per heavy atom. The number of aromatic amines is 1. The third-order valence-corrected chi connectivity index (χ3v) is 3.87. The Morgan fingerprint density at radius 1 is 1.09 bits per heavy atom. The largest absolute Gasteiger partial charge is 0.360 e. The van der Waals surface area contributed by atoms with E-state index in [0.29, 0.717) is 10.8 Å². The Kier molecular flexibility index (Phi) is 2.94. The van der Waals surface area contributed by atoms with Crippen LogP contribution >= 0.6 is 11.6 Å². The molecular weight excluding hydrogens is 298 g/mol. The maximum absolute atomic E-state index is 6.03. The molecule has 0 unspecified atom stereocenters. The van der Waals surface area contributed by atoms with Crippen LogP contribution in [0.15, 0.2) is 48.7 Å². The number of hydrogen-bond acceptors (Lipinski definition) is 3. The van der Waals surface area contributed by atoms with E-state index in [1.54, 1.807) is 4.68 Å². The van der Waals surface area contributed by atoms with Crippen LogP contribution in [-0.4, -0.2) is 25.2 Å². The Labute approximate surface area is 131 Å². The van der Waals surface area contributed by atoms with E-state index in [-0.39, 0.29) is 0 Å². The zero-order valence-electron chi connectivity index (χ0n) is 11.8. The molecule has 0 aliphatic rings. The summed E-state index contributed by atoms with van der Waals surface area (Å²) in [6, 6.07) is 13.8. The number of hydrogen-bond donors (Lipinski definition) is 1. The number of benzene rings is 2. The van der Waals surface area contributed by atoms with E-state index in [1.807, 2.05) is 55.6 Å². The van der Waals surface area contributed by atoms with Crippen LogP contribution in [0.25, 0.3) is 28.0 Å². The van der Waals surface area contributed by atoms with Crippen LogP contribution in [0, 0.1) is 6.92 Å². The van der Waals surface area contributed by atoms with E-state index >= 15 is 0 Å². The molecule has 0 saturated carbocycles. The van der Waals surface area contributed by atoms with Crippen molar-refractivity contribution >= 4 is 22.5 Å². The van der Waals surface area contributed by atoms with Gasteiger partial charge in [-0.05, 0) is 41.6 Å². The number of aryl methyl sites for hydroxylation is 1. The molecule has 22 heavy (non-hydrogen) atoms. The number of nitrogens with one attached hydrogen (secondary N) is 1. The molecule has 0 bridgehead atoms. The van der Waals surface area contributed by atoms with Crippen molar-refractivity contribution in [2.24, 2.45) is 0 Å². The Morgan fingerprint density at radius 3 is 2.73 bits per heavy atom. The van der Waals surface area contributed by atoms with Gasteiger partial charge in [-0.25, -0.2) is 0 Å². The van der Waals surface area contributed by atoms with Crippen molar-refractivity contribution in [1.82, 2.24) is 25.2 Å². The Hall–Kier alpha value is -2.66. The summed E-state index contributed by atoms with van der Waals surface area (Å²) in [5, 5.41) is 13.8. The molecule has 0 saturated heterocycles. The van der Waals surface area contributed by atoms with Crippen molar-refractivity contribution < 1.29 is 0 Å². The first kappa shape index (κ1) is 13.0. The van der Waals surface area contributed by atoms with Crippen LogP contribution in [0.3, 0.4) is 0 Å². The van der Waals surface area contributed by atoms with Crippen LogP contribution in [0.2, 0.25) is 5.02 Å². The molecule has 0 fully saturated rings. The second-order valence-electron chi connectivity index (χ2n) is 5.14. The number of H-pyrrole nitrogens is 1. The van der Waals surface area contributed by atoms with E-state index in [4.69, 9.17) is 11.6 Å². The molecule has 0 aliphatic carbocycles. The fourth-order valence-corrected chi connectivity index (χ4v) is 2.67. The molecule has 6 heteroatoms. The first-order valence-corrected chi connectivity index (χ1v) is 7.22. The van der Waals surface area contributed by atoms with Crippen LogP contribution in [0.1, 0.15) is 5.56 Å². The first-order valence-electron chi connectivity index (χ1n) is 6.85. The van der Waals surface area contributed by atoms with E-state index in [0.717, 1.165) is 22.2 Å². The highest BCUT2D eigenvalue weighted by atomic mass is 35.5. The average Bonchev–Trinajstić information content (AvgIpc) is 3.13. The van der Waals surface area contributed by atoms with Gasteiger partial charge in [-0.3, -0.25) is 0 Å². The Bertz CT molecular complexity index is 952. The quantitative estimate of drug-likeness (QED) is 0.613. The second kappa shape index (κ2) is 4.96. The molecule has 5 nitrogen and oxygen atoms in total. The van der Waals surface area contributed by atoms with Crippen LogP contribution in [0.5, 0.6) is 0 Å². The van der Waals surface area contributed by atoms with Gasteiger partial charge < -0.3 is 4.98 Å². The maximum Gasteiger partial charge on any atom is 0.189 e. The molecule has 0 aliphatic heterocycles. The summed E-state index contributed by atoms with van der Waals surface area (Å²) in [6.07, 6.45) is 1.90. The van der Waals surface area contributed by atoms with Gasteiger partial charge in [0.1, 0.15) is 0 Å². The fourth-order valence-electron chi connectivity index (χ4n) is 2.50. The molecule has 0 atom stereocenters. The van der Waals surface area contributed by atoms with E-state index in [9.17, 15) is 0 Å². The van der Waals surface area contributed by atoms with Crippen molar-refractivity contribution in [3.05, 3.63) is 59.2 Å². The highest BCUT2D eigenvalue weighted by Gasteiger charge is 2.15. The summed E-state index contributed by atoms with van der Waals surface area (Å²) in [7, 11) is 0. The molecule has 2 aromatic heterocycles. The summed E-state index contributed by atoms with van der Waals surface area (Å²) in [4.78, 5) is 3.21. The number of fused-ring (bicyclic) bond motifs is 1.